The maximum Gasteiger partial charge on any atom is 0.270 e. The van der Waals surface area contributed by atoms with Crippen LogP contribution in [-0.4, -0.2) is 19.5 Å². The predicted octanol–water partition coefficient (Wildman–Crippen LogP) is 5.03. The number of aromatic nitrogens is 3. The molecule has 2 N–H and O–H groups in total. The van der Waals surface area contributed by atoms with Crippen molar-refractivity contribution in [2.24, 2.45) is 0 Å². The molecule has 7 heteroatoms. The third-order valence-electron chi connectivity index (χ3n) is 5.50. The number of anilines is 1. The molecule has 0 bridgehead atoms. The summed E-state index contributed by atoms with van der Waals surface area (Å²) < 4.78 is 2.15. The van der Waals surface area contributed by atoms with Crippen molar-refractivity contribution < 1.29 is 4.92 Å². The number of nitrogens with zero attached hydrogens (tertiary/aromatic N) is 4. The Labute approximate surface area is 174 Å². The molecule has 0 aliphatic heterocycles. The summed E-state index contributed by atoms with van der Waals surface area (Å²) in [4.78, 5) is 20.2. The summed E-state index contributed by atoms with van der Waals surface area (Å²) in [6.45, 7) is 4.90. The molecule has 0 aliphatic rings. The Morgan fingerprint density at radius 3 is 2.47 bits per heavy atom. The molecule has 0 fully saturated rings. The van der Waals surface area contributed by atoms with E-state index in [-0.39, 0.29) is 10.6 Å². The number of rotatable bonds is 7. The maximum atomic E-state index is 11.4. The van der Waals surface area contributed by atoms with Gasteiger partial charge in [0.05, 0.1) is 16.0 Å². The number of nitro groups is 1. The number of hydrogen-bond acceptors (Lipinski definition) is 5. The van der Waals surface area contributed by atoms with E-state index in [9.17, 15) is 10.1 Å². The normalized spacial score (nSPS) is 11.4. The molecule has 0 spiro atoms. The van der Waals surface area contributed by atoms with Crippen molar-refractivity contribution in [2.75, 3.05) is 5.73 Å². The van der Waals surface area contributed by atoms with Gasteiger partial charge in [0.1, 0.15) is 11.3 Å². The van der Waals surface area contributed by atoms with E-state index in [0.717, 1.165) is 42.6 Å². The average Bonchev–Trinajstić information content (AvgIpc) is 3.11. The van der Waals surface area contributed by atoms with Gasteiger partial charge < -0.3 is 10.3 Å². The Morgan fingerprint density at radius 1 is 1.07 bits per heavy atom. The van der Waals surface area contributed by atoms with Gasteiger partial charge in [-0.15, -0.1) is 0 Å². The van der Waals surface area contributed by atoms with Crippen LogP contribution in [0.2, 0.25) is 0 Å². The summed E-state index contributed by atoms with van der Waals surface area (Å²) in [5, 5.41) is 12.1. The second kappa shape index (κ2) is 8.10. The number of imidazole rings is 1. The fourth-order valence-corrected chi connectivity index (χ4v) is 3.82. The molecule has 30 heavy (non-hydrogen) atoms. The Balaban J connectivity index is 1.96. The summed E-state index contributed by atoms with van der Waals surface area (Å²) in [6.07, 6.45) is 3.86. The Morgan fingerprint density at radius 2 is 1.80 bits per heavy atom. The summed E-state index contributed by atoms with van der Waals surface area (Å²) in [5.41, 5.74) is 10.8. The summed E-state index contributed by atoms with van der Waals surface area (Å²) in [7, 11) is 0. The van der Waals surface area contributed by atoms with E-state index >= 15 is 0 Å². The molecule has 7 nitrogen and oxygen atoms in total. The molecule has 4 rings (SSSR count). The highest BCUT2D eigenvalue weighted by atomic mass is 16.6. The number of nitrogen functional groups attached to an aromatic ring is 1. The number of fused-ring (bicyclic) bond motifs is 3. The largest absolute Gasteiger partial charge is 0.382 e. The highest BCUT2D eigenvalue weighted by Gasteiger charge is 2.19. The van der Waals surface area contributed by atoms with Crippen LogP contribution < -0.4 is 5.73 Å². The lowest BCUT2D eigenvalue weighted by atomic mass is 10.1. The lowest BCUT2D eigenvalue weighted by Crippen LogP contribution is -2.06. The van der Waals surface area contributed by atoms with Crippen LogP contribution in [-0.2, 0) is 19.4 Å². The number of unbranched alkanes of at least 4 members (excludes halogenated alkanes) is 1. The van der Waals surface area contributed by atoms with Crippen LogP contribution in [0.3, 0.4) is 0 Å². The lowest BCUT2D eigenvalue weighted by Gasteiger charge is -2.11. The second-order valence-corrected chi connectivity index (χ2v) is 7.54. The van der Waals surface area contributed by atoms with Crippen molar-refractivity contribution in [2.45, 2.75) is 46.1 Å². The number of nitrogens with two attached hydrogens (primary N) is 1. The van der Waals surface area contributed by atoms with Crippen molar-refractivity contribution >= 4 is 33.4 Å². The van der Waals surface area contributed by atoms with Gasteiger partial charge in [0.25, 0.3) is 5.69 Å². The predicted molar refractivity (Wildman–Crippen MR) is 120 cm³/mol. The van der Waals surface area contributed by atoms with E-state index in [0.29, 0.717) is 28.8 Å². The average molecular weight is 403 g/mol. The van der Waals surface area contributed by atoms with Crippen molar-refractivity contribution in [3.63, 3.8) is 0 Å². The van der Waals surface area contributed by atoms with Gasteiger partial charge in [0, 0.05) is 30.5 Å². The Bertz CT molecular complexity index is 1230. The minimum absolute atomic E-state index is 0.0329. The van der Waals surface area contributed by atoms with Crippen LogP contribution in [0.25, 0.3) is 21.9 Å². The molecule has 0 radical (unpaired) electrons. The van der Waals surface area contributed by atoms with Crippen molar-refractivity contribution in [1.82, 2.24) is 14.5 Å². The molecule has 0 saturated carbocycles. The van der Waals surface area contributed by atoms with Crippen molar-refractivity contribution in [3.05, 3.63) is 69.5 Å². The van der Waals surface area contributed by atoms with E-state index in [1.54, 1.807) is 12.1 Å². The molecular formula is C23H25N5O2. The van der Waals surface area contributed by atoms with Gasteiger partial charge in [-0.2, -0.15) is 0 Å². The van der Waals surface area contributed by atoms with Crippen LogP contribution in [0.5, 0.6) is 0 Å². The zero-order valence-electron chi connectivity index (χ0n) is 17.3. The fraction of sp³-hybridized carbons (Fsp3) is 0.304. The monoisotopic (exact) mass is 403 g/mol. The minimum Gasteiger partial charge on any atom is -0.382 e. The van der Waals surface area contributed by atoms with Gasteiger partial charge >= 0.3 is 0 Å². The van der Waals surface area contributed by atoms with Crippen LogP contribution in [0.15, 0.2) is 42.5 Å². The van der Waals surface area contributed by atoms with Crippen LogP contribution in [0.1, 0.15) is 43.6 Å². The first kappa shape index (κ1) is 19.8. The first-order valence-electron chi connectivity index (χ1n) is 10.3. The second-order valence-electron chi connectivity index (χ2n) is 7.54. The Kier molecular flexibility index (Phi) is 5.35. The Hall–Kier alpha value is -3.48. The molecule has 2 aromatic carbocycles. The van der Waals surface area contributed by atoms with E-state index in [1.165, 1.54) is 11.6 Å². The third-order valence-corrected chi connectivity index (χ3v) is 5.50. The molecule has 0 atom stereocenters. The zero-order valence-corrected chi connectivity index (χ0v) is 17.3. The van der Waals surface area contributed by atoms with Gasteiger partial charge in [-0.3, -0.25) is 10.1 Å². The highest BCUT2D eigenvalue weighted by molar-refractivity contribution is 6.07. The first-order chi connectivity index (χ1) is 14.5. The fourth-order valence-electron chi connectivity index (χ4n) is 3.82. The minimum atomic E-state index is -0.385. The van der Waals surface area contributed by atoms with E-state index in [4.69, 9.17) is 10.7 Å². The zero-order chi connectivity index (χ0) is 21.3. The first-order valence-corrected chi connectivity index (χ1v) is 10.3. The van der Waals surface area contributed by atoms with E-state index in [2.05, 4.69) is 47.7 Å². The standard InChI is InChI=1S/C23H25N5O2/c1-3-5-6-20-26-21-22(27(20)14-16-9-7-15(4-2)8-10-16)18-13-17(28(29)30)11-12-19(18)25-23(21)24/h7-13H,3-6,14H2,1-2H3,(H2,24,25). The van der Waals surface area contributed by atoms with Gasteiger partial charge in [-0.25, -0.2) is 9.97 Å². The van der Waals surface area contributed by atoms with Gasteiger partial charge in [-0.05, 0) is 30.0 Å². The molecule has 4 aromatic rings. The highest BCUT2D eigenvalue weighted by Crippen LogP contribution is 2.32. The molecule has 2 aromatic heterocycles. The van der Waals surface area contributed by atoms with Crippen LogP contribution >= 0.6 is 0 Å². The van der Waals surface area contributed by atoms with Gasteiger partial charge in [0.2, 0.25) is 0 Å². The maximum absolute atomic E-state index is 11.4. The number of benzene rings is 2. The number of pyridine rings is 1. The van der Waals surface area contributed by atoms with Gasteiger partial charge in [-0.1, -0.05) is 44.5 Å². The van der Waals surface area contributed by atoms with E-state index < -0.39 is 0 Å². The number of hydrogen-bond donors (Lipinski definition) is 1. The van der Waals surface area contributed by atoms with Crippen molar-refractivity contribution in [3.8, 4) is 0 Å². The number of aryl methyl sites for hydroxylation is 2. The smallest absolute Gasteiger partial charge is 0.270 e. The SMILES string of the molecule is CCCCc1nc2c(N)nc3ccc([N+](=O)[O-])cc3c2n1Cc1ccc(CC)cc1. The quantitative estimate of drug-likeness (QED) is 0.345. The molecule has 0 saturated heterocycles. The van der Waals surface area contributed by atoms with E-state index in [1.807, 2.05) is 0 Å². The number of non-ortho nitro benzene ring substituents is 1. The van der Waals surface area contributed by atoms with Gasteiger partial charge in [0.15, 0.2) is 5.82 Å². The molecule has 0 unspecified atom stereocenters. The van der Waals surface area contributed by atoms with Crippen molar-refractivity contribution in [1.29, 1.82) is 0 Å². The topological polar surface area (TPSA) is 99.9 Å². The van der Waals surface area contributed by atoms with Crippen LogP contribution in [0.4, 0.5) is 11.5 Å². The summed E-state index contributed by atoms with van der Waals surface area (Å²) in [6, 6.07) is 13.2. The molecule has 0 amide bonds. The lowest BCUT2D eigenvalue weighted by molar-refractivity contribution is -0.384. The third kappa shape index (κ3) is 3.58. The molecule has 154 valence electrons. The molecule has 0 aliphatic carbocycles. The molecule has 2 heterocycles. The summed E-state index contributed by atoms with van der Waals surface area (Å²) >= 11 is 0. The summed E-state index contributed by atoms with van der Waals surface area (Å²) in [5.74, 6) is 1.28. The van der Waals surface area contributed by atoms with Crippen LogP contribution in [0, 0.1) is 10.1 Å². The number of nitro benzene ring substituents is 1. The molecular weight excluding hydrogens is 378 g/mol.